The largest absolute Gasteiger partial charge is 0.497 e. The molecule has 0 bridgehead atoms. The average molecular weight is 473 g/mol. The summed E-state index contributed by atoms with van der Waals surface area (Å²) >= 11 is 12.6. The van der Waals surface area contributed by atoms with Crippen molar-refractivity contribution in [3.63, 3.8) is 0 Å². The summed E-state index contributed by atoms with van der Waals surface area (Å²) in [5.41, 5.74) is 2.15. The second kappa shape index (κ2) is 9.42. The molecule has 164 valence electrons. The summed E-state index contributed by atoms with van der Waals surface area (Å²) in [5, 5.41) is 9.01. The van der Waals surface area contributed by atoms with Crippen LogP contribution in [0.4, 0.5) is 0 Å². The summed E-state index contributed by atoms with van der Waals surface area (Å²) in [6.45, 7) is 1.79. The lowest BCUT2D eigenvalue weighted by Gasteiger charge is -2.06. The molecule has 2 heterocycles. The Morgan fingerprint density at radius 3 is 2.75 bits per heavy atom. The predicted molar refractivity (Wildman–Crippen MR) is 118 cm³/mol. The Balaban J connectivity index is 1.45. The smallest absolute Gasteiger partial charge is 0.343 e. The Morgan fingerprint density at radius 1 is 1.16 bits per heavy atom. The van der Waals surface area contributed by atoms with Gasteiger partial charge in [0, 0.05) is 10.6 Å². The van der Waals surface area contributed by atoms with Crippen molar-refractivity contribution in [3.8, 4) is 17.1 Å². The van der Waals surface area contributed by atoms with Crippen molar-refractivity contribution in [1.29, 1.82) is 0 Å². The minimum Gasteiger partial charge on any atom is -0.497 e. The van der Waals surface area contributed by atoms with Gasteiger partial charge in [0.05, 0.1) is 19.3 Å². The molecule has 32 heavy (non-hydrogen) atoms. The molecule has 0 aliphatic carbocycles. The highest BCUT2D eigenvalue weighted by Gasteiger charge is 2.23. The number of nitrogens with zero attached hydrogens (tertiary/aromatic N) is 4. The maximum absolute atomic E-state index is 12.7. The first-order valence-corrected chi connectivity index (χ1v) is 10.3. The zero-order valence-corrected chi connectivity index (χ0v) is 18.7. The van der Waals surface area contributed by atoms with Gasteiger partial charge in [-0.25, -0.2) is 9.48 Å². The van der Waals surface area contributed by atoms with E-state index in [1.54, 1.807) is 26.2 Å². The molecule has 0 saturated carbocycles. The molecule has 2 aromatic carbocycles. The number of benzene rings is 2. The van der Waals surface area contributed by atoms with E-state index in [4.69, 9.17) is 37.2 Å². The van der Waals surface area contributed by atoms with Crippen LogP contribution in [0.5, 0.6) is 5.75 Å². The summed E-state index contributed by atoms with van der Waals surface area (Å²) < 4.78 is 17.2. The molecule has 0 fully saturated rings. The number of hydrogen-bond acceptors (Lipinski definition) is 7. The number of methoxy groups -OCH3 is 1. The van der Waals surface area contributed by atoms with Gasteiger partial charge in [0.2, 0.25) is 5.82 Å². The van der Waals surface area contributed by atoms with Gasteiger partial charge < -0.3 is 14.0 Å². The second-order valence-corrected chi connectivity index (χ2v) is 7.59. The van der Waals surface area contributed by atoms with Gasteiger partial charge in [0.1, 0.15) is 16.5 Å². The fourth-order valence-corrected chi connectivity index (χ4v) is 3.58. The zero-order chi connectivity index (χ0) is 22.7. The van der Waals surface area contributed by atoms with Crippen LogP contribution in [0.15, 0.2) is 53.1 Å². The summed E-state index contributed by atoms with van der Waals surface area (Å²) in [4.78, 5) is 16.9. The summed E-state index contributed by atoms with van der Waals surface area (Å²) in [5.74, 6) is 0.531. The van der Waals surface area contributed by atoms with Crippen LogP contribution in [-0.4, -0.2) is 33.0 Å². The van der Waals surface area contributed by atoms with Gasteiger partial charge in [0.15, 0.2) is 6.61 Å². The van der Waals surface area contributed by atoms with Crippen LogP contribution in [0, 0.1) is 6.92 Å². The summed E-state index contributed by atoms with van der Waals surface area (Å²) in [6.07, 6.45) is 0. The minimum absolute atomic E-state index is 0.147. The van der Waals surface area contributed by atoms with Crippen LogP contribution in [0.1, 0.15) is 27.5 Å². The molecule has 4 aromatic rings. The normalized spacial score (nSPS) is 10.9. The number of esters is 1. The molecule has 0 aliphatic rings. The molecule has 2 aromatic heterocycles. The first-order valence-electron chi connectivity index (χ1n) is 9.56. The minimum atomic E-state index is -0.640. The van der Waals surface area contributed by atoms with E-state index < -0.39 is 5.97 Å². The van der Waals surface area contributed by atoms with Gasteiger partial charge in [-0.05, 0) is 30.7 Å². The van der Waals surface area contributed by atoms with Crippen molar-refractivity contribution in [2.75, 3.05) is 7.11 Å². The summed E-state index contributed by atoms with van der Waals surface area (Å²) in [6, 6.07) is 14.6. The summed E-state index contributed by atoms with van der Waals surface area (Å²) in [7, 11) is 1.57. The van der Waals surface area contributed by atoms with Crippen molar-refractivity contribution in [3.05, 3.63) is 81.4 Å². The number of carbonyl (C=O) groups is 1. The van der Waals surface area contributed by atoms with Crippen LogP contribution in [0.3, 0.4) is 0 Å². The van der Waals surface area contributed by atoms with Crippen molar-refractivity contribution >= 4 is 29.2 Å². The van der Waals surface area contributed by atoms with E-state index in [0.29, 0.717) is 34.4 Å². The fraction of sp³-hybridized carbons (Fsp3) is 0.182. The highest BCUT2D eigenvalue weighted by molar-refractivity contribution is 6.33. The highest BCUT2D eigenvalue weighted by Crippen LogP contribution is 2.25. The van der Waals surface area contributed by atoms with E-state index >= 15 is 0 Å². The van der Waals surface area contributed by atoms with Crippen LogP contribution in [-0.2, 0) is 17.9 Å². The van der Waals surface area contributed by atoms with Gasteiger partial charge in [-0.1, -0.05) is 58.7 Å². The standard InChI is InChI=1S/C22H18Cl2N4O4/c1-13-19(20(24)28(26-13)11-15-6-3-4-9-17(15)23)22(29)31-12-18-25-21(27-32-18)14-7-5-8-16(10-14)30-2/h3-10H,11-12H2,1-2H3. The lowest BCUT2D eigenvalue weighted by molar-refractivity contribution is 0.0429. The van der Waals surface area contributed by atoms with Crippen molar-refractivity contribution in [1.82, 2.24) is 19.9 Å². The molecule has 0 atom stereocenters. The molecular formula is C22H18Cl2N4O4. The van der Waals surface area contributed by atoms with E-state index in [2.05, 4.69) is 15.2 Å². The molecule has 0 saturated heterocycles. The molecule has 0 N–H and O–H groups in total. The monoisotopic (exact) mass is 472 g/mol. The van der Waals surface area contributed by atoms with Gasteiger partial charge in [0.25, 0.3) is 5.89 Å². The number of hydrogen-bond donors (Lipinski definition) is 0. The van der Waals surface area contributed by atoms with Gasteiger partial charge >= 0.3 is 5.97 Å². The molecule has 0 spiro atoms. The van der Waals surface area contributed by atoms with Crippen LogP contribution < -0.4 is 4.74 Å². The van der Waals surface area contributed by atoms with Crippen molar-refractivity contribution in [2.45, 2.75) is 20.1 Å². The lowest BCUT2D eigenvalue weighted by Crippen LogP contribution is -2.07. The maximum atomic E-state index is 12.7. The van der Waals surface area contributed by atoms with E-state index in [9.17, 15) is 4.79 Å². The highest BCUT2D eigenvalue weighted by atomic mass is 35.5. The van der Waals surface area contributed by atoms with Gasteiger partial charge in [-0.3, -0.25) is 0 Å². The average Bonchev–Trinajstić information content (AvgIpc) is 3.38. The molecule has 0 radical (unpaired) electrons. The molecule has 0 amide bonds. The number of halogens is 2. The van der Waals surface area contributed by atoms with E-state index in [1.165, 1.54) is 4.68 Å². The third kappa shape index (κ3) is 4.61. The number of ether oxygens (including phenoxy) is 2. The van der Waals surface area contributed by atoms with E-state index in [1.807, 2.05) is 36.4 Å². The Labute approximate surface area is 193 Å². The number of carbonyl (C=O) groups excluding carboxylic acids is 1. The second-order valence-electron chi connectivity index (χ2n) is 6.82. The Kier molecular flexibility index (Phi) is 6.43. The Morgan fingerprint density at radius 2 is 1.97 bits per heavy atom. The molecular weight excluding hydrogens is 455 g/mol. The first kappa shape index (κ1) is 21.9. The molecule has 10 heteroatoms. The molecule has 0 unspecified atom stereocenters. The SMILES string of the molecule is COc1cccc(-c2noc(COC(=O)c3c(C)nn(Cc4ccccc4Cl)c3Cl)n2)c1. The molecule has 4 rings (SSSR count). The van der Waals surface area contributed by atoms with Gasteiger partial charge in [-0.2, -0.15) is 10.1 Å². The topological polar surface area (TPSA) is 92.3 Å². The third-order valence-electron chi connectivity index (χ3n) is 4.67. The van der Waals surface area contributed by atoms with Gasteiger partial charge in [-0.15, -0.1) is 0 Å². The fourth-order valence-electron chi connectivity index (χ4n) is 3.07. The first-order chi connectivity index (χ1) is 15.5. The quantitative estimate of drug-likeness (QED) is 0.350. The van der Waals surface area contributed by atoms with Crippen LogP contribution in [0.2, 0.25) is 10.2 Å². The van der Waals surface area contributed by atoms with Crippen LogP contribution in [0.25, 0.3) is 11.4 Å². The molecule has 0 aliphatic heterocycles. The zero-order valence-electron chi connectivity index (χ0n) is 17.2. The molecule has 8 nitrogen and oxygen atoms in total. The van der Waals surface area contributed by atoms with Crippen molar-refractivity contribution in [2.24, 2.45) is 0 Å². The van der Waals surface area contributed by atoms with E-state index in [0.717, 1.165) is 5.56 Å². The maximum Gasteiger partial charge on any atom is 0.343 e. The number of aromatic nitrogens is 4. The van der Waals surface area contributed by atoms with Crippen LogP contribution >= 0.6 is 23.2 Å². The van der Waals surface area contributed by atoms with E-state index in [-0.39, 0.29) is 23.2 Å². The third-order valence-corrected chi connectivity index (χ3v) is 5.42. The van der Waals surface area contributed by atoms with Crippen molar-refractivity contribution < 1.29 is 18.8 Å². The lowest BCUT2D eigenvalue weighted by atomic mass is 10.2. The Bertz CT molecular complexity index is 1270. The number of rotatable bonds is 7. The predicted octanol–water partition coefficient (Wildman–Crippen LogP) is 4.96. The Hall–Kier alpha value is -3.36. The number of aryl methyl sites for hydroxylation is 1.